The zero-order valence-electron chi connectivity index (χ0n) is 11.5. The van der Waals surface area contributed by atoms with Gasteiger partial charge in [0.2, 0.25) is 0 Å². The van der Waals surface area contributed by atoms with Gasteiger partial charge < -0.3 is 0 Å². The number of aromatic nitrogens is 1. The van der Waals surface area contributed by atoms with E-state index in [-0.39, 0.29) is 0 Å². The van der Waals surface area contributed by atoms with E-state index in [1.807, 2.05) is 12.3 Å². The molecular formula is C18H18N2. The first-order valence-corrected chi connectivity index (χ1v) is 7.31. The summed E-state index contributed by atoms with van der Waals surface area (Å²) in [7, 11) is 0. The van der Waals surface area contributed by atoms with Gasteiger partial charge in [0.15, 0.2) is 0 Å². The van der Waals surface area contributed by atoms with Gasteiger partial charge in [-0.3, -0.25) is 9.88 Å². The first-order valence-electron chi connectivity index (χ1n) is 7.31. The molecule has 2 aliphatic rings. The molecule has 1 aromatic carbocycles. The number of hydrogen-bond acceptors (Lipinski definition) is 2. The third kappa shape index (κ3) is 2.06. The van der Waals surface area contributed by atoms with Crippen molar-refractivity contribution in [2.75, 3.05) is 13.1 Å². The van der Waals surface area contributed by atoms with Crippen molar-refractivity contribution in [3.05, 3.63) is 71.1 Å². The molecule has 2 heteroatoms. The summed E-state index contributed by atoms with van der Waals surface area (Å²) < 4.78 is 0. The van der Waals surface area contributed by atoms with E-state index in [2.05, 4.69) is 46.3 Å². The number of benzene rings is 1. The van der Waals surface area contributed by atoms with Crippen LogP contribution in [0.4, 0.5) is 0 Å². The van der Waals surface area contributed by atoms with Crippen molar-refractivity contribution >= 4 is 5.57 Å². The van der Waals surface area contributed by atoms with Gasteiger partial charge in [0, 0.05) is 25.8 Å². The van der Waals surface area contributed by atoms with Crippen LogP contribution in [-0.4, -0.2) is 23.0 Å². The molecule has 0 bridgehead atoms. The molecule has 0 radical (unpaired) electrons. The van der Waals surface area contributed by atoms with Gasteiger partial charge in [-0.05, 0) is 47.2 Å². The van der Waals surface area contributed by atoms with Crippen LogP contribution in [0.25, 0.3) is 5.57 Å². The third-order valence-corrected chi connectivity index (χ3v) is 4.38. The minimum atomic E-state index is 0.966. The van der Waals surface area contributed by atoms with Gasteiger partial charge >= 0.3 is 0 Å². The summed E-state index contributed by atoms with van der Waals surface area (Å²) in [5, 5.41) is 0. The van der Waals surface area contributed by atoms with E-state index in [9.17, 15) is 0 Å². The van der Waals surface area contributed by atoms with Crippen molar-refractivity contribution in [1.82, 2.24) is 9.88 Å². The summed E-state index contributed by atoms with van der Waals surface area (Å²) in [4.78, 5) is 6.96. The second kappa shape index (κ2) is 4.88. The Morgan fingerprint density at radius 2 is 1.95 bits per heavy atom. The predicted octanol–water partition coefficient (Wildman–Crippen LogP) is 3.30. The fraction of sp³-hybridized carbons (Fsp3) is 0.278. The van der Waals surface area contributed by atoms with Crippen molar-refractivity contribution in [2.45, 2.75) is 19.4 Å². The Bertz CT molecular complexity index is 658. The average Bonchev–Trinajstić information content (AvgIpc) is 2.86. The number of fused-ring (bicyclic) bond motifs is 2. The molecule has 20 heavy (non-hydrogen) atoms. The van der Waals surface area contributed by atoms with Crippen LogP contribution in [0.1, 0.15) is 23.2 Å². The molecule has 2 aromatic rings. The lowest BCUT2D eigenvalue weighted by Gasteiger charge is -2.28. The lowest BCUT2D eigenvalue weighted by atomic mass is 9.99. The maximum atomic E-state index is 4.44. The third-order valence-electron chi connectivity index (χ3n) is 4.38. The minimum absolute atomic E-state index is 0.966. The van der Waals surface area contributed by atoms with Gasteiger partial charge in [0.1, 0.15) is 0 Å². The van der Waals surface area contributed by atoms with E-state index < -0.39 is 0 Å². The predicted molar refractivity (Wildman–Crippen MR) is 81.2 cm³/mol. The minimum Gasteiger partial charge on any atom is -0.293 e. The molecule has 2 heterocycles. The van der Waals surface area contributed by atoms with Crippen LogP contribution in [0.5, 0.6) is 0 Å². The summed E-state index contributed by atoms with van der Waals surface area (Å²) in [5.41, 5.74) is 7.41. The van der Waals surface area contributed by atoms with Crippen molar-refractivity contribution in [3.8, 4) is 0 Å². The van der Waals surface area contributed by atoms with E-state index in [1.165, 1.54) is 23.2 Å². The highest BCUT2D eigenvalue weighted by molar-refractivity contribution is 5.77. The Morgan fingerprint density at radius 3 is 2.85 bits per heavy atom. The van der Waals surface area contributed by atoms with Crippen LogP contribution in [0.2, 0.25) is 0 Å². The Labute approximate surface area is 119 Å². The summed E-state index contributed by atoms with van der Waals surface area (Å²) in [6.07, 6.45) is 4.21. The molecule has 0 unspecified atom stereocenters. The molecule has 0 saturated heterocycles. The Morgan fingerprint density at radius 1 is 1.05 bits per heavy atom. The van der Waals surface area contributed by atoms with Crippen LogP contribution < -0.4 is 0 Å². The van der Waals surface area contributed by atoms with Gasteiger partial charge in [0.25, 0.3) is 0 Å². The van der Waals surface area contributed by atoms with Gasteiger partial charge in [-0.25, -0.2) is 0 Å². The molecule has 2 nitrogen and oxygen atoms in total. The Balaban J connectivity index is 1.53. The standard InChI is InChI=1S/C18H18N2/c1-2-7-17-14(5-1)11-15-12-20(10-8-18(15)17)13-16-6-3-4-9-19-16/h1-7,9H,8,10-13H2. The van der Waals surface area contributed by atoms with Crippen LogP contribution in [0.15, 0.2) is 54.2 Å². The van der Waals surface area contributed by atoms with Gasteiger partial charge in [0.05, 0.1) is 5.69 Å². The number of rotatable bonds is 2. The fourth-order valence-corrected chi connectivity index (χ4v) is 3.43. The lowest BCUT2D eigenvalue weighted by molar-refractivity contribution is 0.282. The monoisotopic (exact) mass is 262 g/mol. The molecule has 4 rings (SSSR count). The molecule has 1 aromatic heterocycles. The van der Waals surface area contributed by atoms with Crippen molar-refractivity contribution in [1.29, 1.82) is 0 Å². The van der Waals surface area contributed by atoms with Gasteiger partial charge in [-0.1, -0.05) is 30.3 Å². The number of hydrogen-bond donors (Lipinski definition) is 0. The molecule has 1 aliphatic carbocycles. The second-order valence-electron chi connectivity index (χ2n) is 5.70. The zero-order valence-corrected chi connectivity index (χ0v) is 11.5. The Kier molecular flexibility index (Phi) is 2.89. The first kappa shape index (κ1) is 11.9. The van der Waals surface area contributed by atoms with Gasteiger partial charge in [-0.2, -0.15) is 0 Å². The smallest absolute Gasteiger partial charge is 0.0544 e. The molecule has 0 saturated carbocycles. The molecule has 0 fully saturated rings. The zero-order chi connectivity index (χ0) is 13.4. The molecule has 0 N–H and O–H groups in total. The molecule has 1 aliphatic heterocycles. The summed E-state index contributed by atoms with van der Waals surface area (Å²) in [6.45, 7) is 3.21. The van der Waals surface area contributed by atoms with Gasteiger partial charge in [-0.15, -0.1) is 0 Å². The van der Waals surface area contributed by atoms with Crippen LogP contribution in [0.3, 0.4) is 0 Å². The highest BCUT2D eigenvalue weighted by Gasteiger charge is 2.26. The highest BCUT2D eigenvalue weighted by Crippen LogP contribution is 2.37. The maximum Gasteiger partial charge on any atom is 0.0544 e. The Hall–Kier alpha value is -1.93. The summed E-state index contributed by atoms with van der Waals surface area (Å²) in [5.74, 6) is 0. The van der Waals surface area contributed by atoms with Crippen molar-refractivity contribution < 1.29 is 0 Å². The highest BCUT2D eigenvalue weighted by atomic mass is 15.1. The summed E-state index contributed by atoms with van der Waals surface area (Å²) in [6, 6.07) is 15.0. The van der Waals surface area contributed by atoms with Crippen LogP contribution in [-0.2, 0) is 13.0 Å². The molecule has 0 amide bonds. The van der Waals surface area contributed by atoms with E-state index >= 15 is 0 Å². The quantitative estimate of drug-likeness (QED) is 0.825. The SMILES string of the molecule is c1ccc(CN2CCC3=C(Cc4ccccc43)C2)nc1. The van der Waals surface area contributed by atoms with E-state index in [0.717, 1.165) is 26.1 Å². The number of pyridine rings is 1. The van der Waals surface area contributed by atoms with Crippen LogP contribution in [0, 0.1) is 0 Å². The second-order valence-corrected chi connectivity index (χ2v) is 5.70. The molecule has 100 valence electrons. The van der Waals surface area contributed by atoms with Crippen molar-refractivity contribution in [3.63, 3.8) is 0 Å². The average molecular weight is 262 g/mol. The largest absolute Gasteiger partial charge is 0.293 e. The van der Waals surface area contributed by atoms with E-state index in [0.29, 0.717) is 0 Å². The fourth-order valence-electron chi connectivity index (χ4n) is 3.43. The molecule has 0 atom stereocenters. The topological polar surface area (TPSA) is 16.1 Å². The maximum absolute atomic E-state index is 4.44. The normalized spacial score (nSPS) is 18.0. The molecule has 0 spiro atoms. The van der Waals surface area contributed by atoms with Crippen LogP contribution >= 0.6 is 0 Å². The first-order chi connectivity index (χ1) is 9.90. The van der Waals surface area contributed by atoms with E-state index in [4.69, 9.17) is 0 Å². The van der Waals surface area contributed by atoms with E-state index in [1.54, 1.807) is 11.1 Å². The lowest BCUT2D eigenvalue weighted by Crippen LogP contribution is -2.30. The summed E-state index contributed by atoms with van der Waals surface area (Å²) >= 11 is 0. The number of nitrogens with zero attached hydrogens (tertiary/aromatic N) is 2. The van der Waals surface area contributed by atoms with Crippen molar-refractivity contribution in [2.24, 2.45) is 0 Å². The molecular weight excluding hydrogens is 244 g/mol.